The molecule has 1 rings (SSSR count). The standard InChI is InChI=1S/C12H23NO6/c1-7(14)13-9-11(17-4)10(16-3)8(6-15-2)19-12(9)18-5/h8-12H,6H2,1-5H3,(H,13,14)/t8-,9+,10-,11-,12+/m1/s1. The van der Waals surface area contributed by atoms with E-state index in [0.29, 0.717) is 6.61 Å². The van der Waals surface area contributed by atoms with Crippen molar-refractivity contribution in [2.45, 2.75) is 37.6 Å². The summed E-state index contributed by atoms with van der Waals surface area (Å²) in [6.07, 6.45) is -1.67. The lowest BCUT2D eigenvalue weighted by Crippen LogP contribution is -2.65. The molecule has 1 aliphatic rings. The van der Waals surface area contributed by atoms with Crippen LogP contribution >= 0.6 is 0 Å². The van der Waals surface area contributed by atoms with E-state index in [0.717, 1.165) is 0 Å². The minimum atomic E-state index is -0.611. The van der Waals surface area contributed by atoms with Gasteiger partial charge in [0.2, 0.25) is 5.91 Å². The second kappa shape index (κ2) is 7.76. The van der Waals surface area contributed by atoms with E-state index in [9.17, 15) is 4.79 Å². The Hall–Kier alpha value is -0.730. The molecule has 0 aliphatic carbocycles. The zero-order chi connectivity index (χ0) is 14.4. The summed E-state index contributed by atoms with van der Waals surface area (Å²) in [5.74, 6) is -0.183. The highest BCUT2D eigenvalue weighted by molar-refractivity contribution is 5.73. The molecular formula is C12H23NO6. The third-order valence-electron chi connectivity index (χ3n) is 3.12. The molecule has 0 spiro atoms. The van der Waals surface area contributed by atoms with Gasteiger partial charge in [-0.2, -0.15) is 0 Å². The second-order valence-electron chi connectivity index (χ2n) is 4.36. The van der Waals surface area contributed by atoms with Gasteiger partial charge in [0.1, 0.15) is 24.4 Å². The van der Waals surface area contributed by atoms with Gasteiger partial charge in [0, 0.05) is 35.4 Å². The van der Waals surface area contributed by atoms with E-state index in [1.807, 2.05) is 0 Å². The number of carbonyl (C=O) groups is 1. The van der Waals surface area contributed by atoms with Crippen molar-refractivity contribution in [1.82, 2.24) is 5.32 Å². The molecule has 19 heavy (non-hydrogen) atoms. The van der Waals surface area contributed by atoms with Crippen molar-refractivity contribution in [1.29, 1.82) is 0 Å². The molecule has 0 saturated carbocycles. The zero-order valence-electron chi connectivity index (χ0n) is 12.0. The number of methoxy groups -OCH3 is 4. The van der Waals surface area contributed by atoms with Gasteiger partial charge in [-0.3, -0.25) is 4.79 Å². The van der Waals surface area contributed by atoms with Crippen molar-refractivity contribution in [3.05, 3.63) is 0 Å². The normalized spacial score (nSPS) is 35.1. The summed E-state index contributed by atoms with van der Waals surface area (Å²) in [6, 6.07) is -0.439. The number of amides is 1. The molecule has 5 atom stereocenters. The van der Waals surface area contributed by atoms with Crippen LogP contribution < -0.4 is 5.32 Å². The van der Waals surface area contributed by atoms with Gasteiger partial charge in [-0.15, -0.1) is 0 Å². The van der Waals surface area contributed by atoms with Crippen molar-refractivity contribution < 1.29 is 28.5 Å². The first-order valence-corrected chi connectivity index (χ1v) is 6.08. The largest absolute Gasteiger partial charge is 0.382 e. The number of nitrogens with one attached hydrogen (secondary N) is 1. The van der Waals surface area contributed by atoms with Crippen molar-refractivity contribution >= 4 is 5.91 Å². The molecule has 0 aromatic carbocycles. The first-order valence-electron chi connectivity index (χ1n) is 6.08. The first kappa shape index (κ1) is 16.3. The molecule has 1 fully saturated rings. The molecule has 7 nitrogen and oxygen atoms in total. The summed E-state index contributed by atoms with van der Waals surface area (Å²) in [4.78, 5) is 11.3. The molecule has 7 heteroatoms. The molecule has 0 radical (unpaired) electrons. The maximum absolute atomic E-state index is 11.3. The van der Waals surface area contributed by atoms with Crippen LogP contribution in [-0.2, 0) is 28.5 Å². The lowest BCUT2D eigenvalue weighted by molar-refractivity contribution is -0.272. The van der Waals surface area contributed by atoms with E-state index < -0.39 is 12.3 Å². The van der Waals surface area contributed by atoms with Gasteiger partial charge < -0.3 is 29.0 Å². The molecule has 1 N–H and O–H groups in total. The Kier molecular flexibility index (Phi) is 6.67. The minimum Gasteiger partial charge on any atom is -0.382 e. The van der Waals surface area contributed by atoms with E-state index in [2.05, 4.69) is 5.32 Å². The van der Waals surface area contributed by atoms with Crippen LogP contribution in [0.25, 0.3) is 0 Å². The predicted octanol–water partition coefficient (Wildman–Crippen LogP) is -0.461. The lowest BCUT2D eigenvalue weighted by atomic mass is 9.96. The van der Waals surface area contributed by atoms with Crippen molar-refractivity contribution in [3.8, 4) is 0 Å². The number of hydrogen-bond donors (Lipinski definition) is 1. The quantitative estimate of drug-likeness (QED) is 0.708. The zero-order valence-corrected chi connectivity index (χ0v) is 12.0. The summed E-state index contributed by atoms with van der Waals surface area (Å²) in [5.41, 5.74) is 0. The third-order valence-corrected chi connectivity index (χ3v) is 3.12. The van der Waals surface area contributed by atoms with Crippen LogP contribution in [0, 0.1) is 0 Å². The summed E-state index contributed by atoms with van der Waals surface area (Å²) >= 11 is 0. The molecule has 0 bridgehead atoms. The fraction of sp³-hybridized carbons (Fsp3) is 0.917. The Bertz CT molecular complexity index is 287. The maximum atomic E-state index is 11.3. The molecule has 1 heterocycles. The smallest absolute Gasteiger partial charge is 0.217 e. The summed E-state index contributed by atoms with van der Waals surface area (Å²) in [5, 5.41) is 2.78. The fourth-order valence-corrected chi connectivity index (χ4v) is 2.36. The van der Waals surface area contributed by atoms with E-state index in [-0.39, 0.29) is 24.2 Å². The average Bonchev–Trinajstić information content (AvgIpc) is 2.38. The molecule has 112 valence electrons. The second-order valence-corrected chi connectivity index (χ2v) is 4.36. The van der Waals surface area contributed by atoms with Crippen LogP contribution in [0.1, 0.15) is 6.92 Å². The Labute approximate surface area is 113 Å². The summed E-state index contributed by atoms with van der Waals surface area (Å²) in [7, 11) is 6.23. The van der Waals surface area contributed by atoms with E-state index in [1.165, 1.54) is 14.0 Å². The topological polar surface area (TPSA) is 75.2 Å². The van der Waals surface area contributed by atoms with Gasteiger partial charge in [0.15, 0.2) is 6.29 Å². The molecule has 1 saturated heterocycles. The predicted molar refractivity (Wildman–Crippen MR) is 66.7 cm³/mol. The fourth-order valence-electron chi connectivity index (χ4n) is 2.36. The highest BCUT2D eigenvalue weighted by Gasteiger charge is 2.47. The molecule has 1 aliphatic heterocycles. The third kappa shape index (κ3) is 3.87. The number of carbonyl (C=O) groups excluding carboxylic acids is 1. The number of ether oxygens (including phenoxy) is 5. The lowest BCUT2D eigenvalue weighted by Gasteiger charge is -2.44. The van der Waals surface area contributed by atoms with E-state index in [4.69, 9.17) is 23.7 Å². The van der Waals surface area contributed by atoms with Crippen LogP contribution in [0.3, 0.4) is 0 Å². The Balaban J connectivity index is 2.92. The number of rotatable bonds is 6. The highest BCUT2D eigenvalue weighted by Crippen LogP contribution is 2.26. The average molecular weight is 277 g/mol. The van der Waals surface area contributed by atoms with Crippen LogP contribution in [0.5, 0.6) is 0 Å². The Morgan fingerprint density at radius 2 is 1.74 bits per heavy atom. The monoisotopic (exact) mass is 277 g/mol. The van der Waals surface area contributed by atoms with Gasteiger partial charge in [-0.1, -0.05) is 0 Å². The van der Waals surface area contributed by atoms with Crippen LogP contribution in [0.15, 0.2) is 0 Å². The van der Waals surface area contributed by atoms with Gasteiger partial charge >= 0.3 is 0 Å². The van der Waals surface area contributed by atoms with E-state index >= 15 is 0 Å². The van der Waals surface area contributed by atoms with Gasteiger partial charge in [0.25, 0.3) is 0 Å². The van der Waals surface area contributed by atoms with Gasteiger partial charge in [0.05, 0.1) is 6.61 Å². The van der Waals surface area contributed by atoms with Crippen LogP contribution in [0.2, 0.25) is 0 Å². The Morgan fingerprint density at radius 1 is 1.11 bits per heavy atom. The van der Waals surface area contributed by atoms with Crippen molar-refractivity contribution in [2.24, 2.45) is 0 Å². The van der Waals surface area contributed by atoms with Crippen LogP contribution in [-0.4, -0.2) is 71.6 Å². The van der Waals surface area contributed by atoms with Crippen LogP contribution in [0.4, 0.5) is 0 Å². The van der Waals surface area contributed by atoms with Crippen molar-refractivity contribution in [2.75, 3.05) is 35.0 Å². The van der Waals surface area contributed by atoms with E-state index in [1.54, 1.807) is 21.3 Å². The summed E-state index contributed by atoms with van der Waals surface area (Å²) < 4.78 is 27.0. The van der Waals surface area contributed by atoms with Crippen molar-refractivity contribution in [3.63, 3.8) is 0 Å². The molecular weight excluding hydrogens is 254 g/mol. The summed E-state index contributed by atoms with van der Waals surface area (Å²) in [6.45, 7) is 1.79. The van der Waals surface area contributed by atoms with Gasteiger partial charge in [-0.05, 0) is 0 Å². The molecule has 1 amide bonds. The number of hydrogen-bond acceptors (Lipinski definition) is 6. The minimum absolute atomic E-state index is 0.183. The molecule has 0 unspecified atom stereocenters. The SMILES string of the molecule is COC[C@H]1O[C@H](OC)[C@@H](NC(C)=O)[C@@H](OC)[C@@H]1OC. The first-order chi connectivity index (χ1) is 9.08. The molecule has 0 aromatic heterocycles. The highest BCUT2D eigenvalue weighted by atomic mass is 16.7. The Morgan fingerprint density at radius 3 is 2.16 bits per heavy atom. The molecule has 0 aromatic rings. The maximum Gasteiger partial charge on any atom is 0.217 e. The van der Waals surface area contributed by atoms with Gasteiger partial charge in [-0.25, -0.2) is 0 Å².